The monoisotopic (exact) mass is 323 g/mol. The molecule has 0 aromatic heterocycles. The van der Waals surface area contributed by atoms with E-state index in [1.54, 1.807) is 14.2 Å². The maximum atomic E-state index is 9.38. The van der Waals surface area contributed by atoms with Crippen molar-refractivity contribution in [3.05, 3.63) is 23.8 Å². The van der Waals surface area contributed by atoms with Crippen molar-refractivity contribution in [1.82, 2.24) is 0 Å². The van der Waals surface area contributed by atoms with Gasteiger partial charge in [0.2, 0.25) is 0 Å². The maximum absolute atomic E-state index is 9.38. The van der Waals surface area contributed by atoms with E-state index in [0.29, 0.717) is 24.7 Å². The molecule has 0 atom stereocenters. The van der Waals surface area contributed by atoms with Gasteiger partial charge in [0.25, 0.3) is 0 Å². The number of methoxy groups -OCH3 is 2. The van der Waals surface area contributed by atoms with E-state index in [0.717, 1.165) is 17.7 Å². The van der Waals surface area contributed by atoms with Crippen LogP contribution in [-0.2, 0) is 10.2 Å². The van der Waals surface area contributed by atoms with Crippen molar-refractivity contribution < 1.29 is 19.4 Å². The number of nitrogens with zero attached hydrogens (tertiary/aromatic N) is 1. The van der Waals surface area contributed by atoms with Crippen LogP contribution < -0.4 is 9.47 Å². The lowest BCUT2D eigenvalue weighted by atomic mass is 9.76. The van der Waals surface area contributed by atoms with Gasteiger partial charge < -0.3 is 19.4 Å². The third kappa shape index (κ3) is 4.86. The van der Waals surface area contributed by atoms with Gasteiger partial charge in [-0.3, -0.25) is 0 Å². The highest BCUT2D eigenvalue weighted by molar-refractivity contribution is 5.95. The Balaban J connectivity index is 3.08. The Morgan fingerprint density at radius 2 is 1.87 bits per heavy atom. The molecule has 5 heteroatoms. The Labute approximate surface area is 139 Å². The number of rotatable bonds is 9. The van der Waals surface area contributed by atoms with Crippen molar-refractivity contribution in [3.8, 4) is 11.5 Å². The Bertz CT molecular complexity index is 524. The van der Waals surface area contributed by atoms with Crippen molar-refractivity contribution in [2.24, 2.45) is 11.1 Å². The first kappa shape index (κ1) is 19.3. The molecule has 5 nitrogen and oxygen atoms in total. The lowest BCUT2D eigenvalue weighted by molar-refractivity contribution is 0.170. The second-order valence-corrected chi connectivity index (χ2v) is 6.33. The highest BCUT2D eigenvalue weighted by Crippen LogP contribution is 2.35. The summed E-state index contributed by atoms with van der Waals surface area (Å²) >= 11 is 0. The number of hydrogen-bond donors (Lipinski definition) is 1. The summed E-state index contributed by atoms with van der Waals surface area (Å²) < 4.78 is 16.2. The highest BCUT2D eigenvalue weighted by atomic mass is 16.5. The summed E-state index contributed by atoms with van der Waals surface area (Å²) in [7, 11) is 3.29. The van der Waals surface area contributed by atoms with Crippen LogP contribution in [0.5, 0.6) is 11.5 Å². The minimum atomic E-state index is -0.403. The molecular formula is C18H29NO4. The van der Waals surface area contributed by atoms with Crippen molar-refractivity contribution in [2.45, 2.75) is 39.5 Å². The molecule has 0 bridgehead atoms. The van der Waals surface area contributed by atoms with Crippen LogP contribution in [0.4, 0.5) is 0 Å². The molecular weight excluding hydrogens is 294 g/mol. The summed E-state index contributed by atoms with van der Waals surface area (Å²) in [5, 5.41) is 12.9. The Kier molecular flexibility index (Phi) is 7.36. The molecule has 1 rings (SSSR count). The predicted octanol–water partition coefficient (Wildman–Crippen LogP) is 3.87. The van der Waals surface area contributed by atoms with E-state index in [9.17, 15) is 5.21 Å². The molecule has 130 valence electrons. The topological polar surface area (TPSA) is 60.3 Å². The molecule has 0 aliphatic heterocycles. The first-order valence-corrected chi connectivity index (χ1v) is 7.91. The smallest absolute Gasteiger partial charge is 0.161 e. The van der Waals surface area contributed by atoms with Gasteiger partial charge in [-0.25, -0.2) is 0 Å². The van der Waals surface area contributed by atoms with E-state index in [2.05, 4.69) is 5.16 Å². The van der Waals surface area contributed by atoms with Crippen molar-refractivity contribution in [3.63, 3.8) is 0 Å². The zero-order chi connectivity index (χ0) is 17.5. The largest absolute Gasteiger partial charge is 0.493 e. The summed E-state index contributed by atoms with van der Waals surface area (Å²) in [6, 6.07) is 5.83. The standard InChI is InChI=1S/C18H29NO4/c1-13(2)17(19-20)18(3,4)14-8-9-15(22-6)16(12-14)23-11-7-10-21-5/h8-9,12-13,20H,7,10-11H2,1-6H3. The third-order valence-electron chi connectivity index (χ3n) is 3.93. The fourth-order valence-corrected chi connectivity index (χ4v) is 2.67. The molecule has 0 spiro atoms. The average Bonchev–Trinajstić information content (AvgIpc) is 2.51. The maximum Gasteiger partial charge on any atom is 0.161 e. The fraction of sp³-hybridized carbons (Fsp3) is 0.611. The minimum absolute atomic E-state index is 0.142. The van der Waals surface area contributed by atoms with E-state index in [-0.39, 0.29) is 5.92 Å². The molecule has 0 amide bonds. The van der Waals surface area contributed by atoms with Crippen molar-refractivity contribution in [2.75, 3.05) is 27.4 Å². The number of hydrogen-bond acceptors (Lipinski definition) is 5. The quantitative estimate of drug-likeness (QED) is 0.324. The number of ether oxygens (including phenoxy) is 3. The van der Waals surface area contributed by atoms with E-state index >= 15 is 0 Å². The molecule has 0 saturated heterocycles. The number of benzene rings is 1. The Morgan fingerprint density at radius 1 is 1.17 bits per heavy atom. The molecule has 1 N–H and O–H groups in total. The van der Waals surface area contributed by atoms with Crippen LogP contribution in [-0.4, -0.2) is 38.4 Å². The molecule has 0 aliphatic rings. The lowest BCUT2D eigenvalue weighted by Gasteiger charge is -2.29. The van der Waals surface area contributed by atoms with Gasteiger partial charge in [-0.2, -0.15) is 0 Å². The SMILES string of the molecule is COCCCOc1cc(C(C)(C)C(=NO)C(C)C)ccc1OC. The summed E-state index contributed by atoms with van der Waals surface area (Å²) in [6.07, 6.45) is 0.808. The van der Waals surface area contributed by atoms with Gasteiger partial charge in [0.15, 0.2) is 11.5 Å². The van der Waals surface area contributed by atoms with Crippen LogP contribution in [0.3, 0.4) is 0 Å². The predicted molar refractivity (Wildman–Crippen MR) is 92.1 cm³/mol. The molecule has 23 heavy (non-hydrogen) atoms. The molecule has 1 aromatic carbocycles. The highest BCUT2D eigenvalue weighted by Gasteiger charge is 2.31. The summed E-state index contributed by atoms with van der Waals surface area (Å²) in [4.78, 5) is 0. The fourth-order valence-electron chi connectivity index (χ4n) is 2.67. The van der Waals surface area contributed by atoms with Crippen molar-refractivity contribution in [1.29, 1.82) is 0 Å². The van der Waals surface area contributed by atoms with Crippen LogP contribution in [0.25, 0.3) is 0 Å². The van der Waals surface area contributed by atoms with Gasteiger partial charge in [0.1, 0.15) is 0 Å². The molecule has 0 saturated carbocycles. The normalized spacial score (nSPS) is 12.6. The summed E-state index contributed by atoms with van der Waals surface area (Å²) in [5.41, 5.74) is 1.34. The van der Waals surface area contributed by atoms with Crippen LogP contribution in [0.15, 0.2) is 23.4 Å². The lowest BCUT2D eigenvalue weighted by Crippen LogP contribution is -2.33. The molecule has 0 radical (unpaired) electrons. The molecule has 0 unspecified atom stereocenters. The zero-order valence-corrected chi connectivity index (χ0v) is 15.0. The van der Waals surface area contributed by atoms with Crippen LogP contribution in [0, 0.1) is 5.92 Å². The average molecular weight is 323 g/mol. The van der Waals surface area contributed by atoms with E-state index < -0.39 is 5.41 Å². The van der Waals surface area contributed by atoms with Crippen LogP contribution in [0.2, 0.25) is 0 Å². The second kappa shape index (κ2) is 8.77. The van der Waals surface area contributed by atoms with Crippen LogP contribution >= 0.6 is 0 Å². The van der Waals surface area contributed by atoms with E-state index in [1.807, 2.05) is 45.9 Å². The van der Waals surface area contributed by atoms with Gasteiger partial charge in [-0.1, -0.05) is 38.9 Å². The second-order valence-electron chi connectivity index (χ2n) is 6.33. The van der Waals surface area contributed by atoms with E-state index in [4.69, 9.17) is 14.2 Å². The minimum Gasteiger partial charge on any atom is -0.493 e. The first-order valence-electron chi connectivity index (χ1n) is 7.91. The van der Waals surface area contributed by atoms with E-state index in [1.165, 1.54) is 0 Å². The summed E-state index contributed by atoms with van der Waals surface area (Å²) in [5.74, 6) is 1.52. The van der Waals surface area contributed by atoms with Gasteiger partial charge in [0, 0.05) is 25.6 Å². The number of oxime groups is 1. The Morgan fingerprint density at radius 3 is 2.39 bits per heavy atom. The molecule has 0 heterocycles. The molecule has 0 aliphatic carbocycles. The van der Waals surface area contributed by atoms with Gasteiger partial charge >= 0.3 is 0 Å². The van der Waals surface area contributed by atoms with Crippen LogP contribution in [0.1, 0.15) is 39.7 Å². The van der Waals surface area contributed by atoms with Gasteiger partial charge in [0.05, 0.1) is 19.4 Å². The first-order chi connectivity index (χ1) is 10.9. The molecule has 0 fully saturated rings. The third-order valence-corrected chi connectivity index (χ3v) is 3.93. The Hall–Kier alpha value is -1.75. The van der Waals surface area contributed by atoms with Crippen molar-refractivity contribution >= 4 is 5.71 Å². The zero-order valence-electron chi connectivity index (χ0n) is 15.0. The molecule has 1 aromatic rings. The van der Waals surface area contributed by atoms with Gasteiger partial charge in [-0.05, 0) is 23.6 Å². The summed E-state index contributed by atoms with van der Waals surface area (Å²) in [6.45, 7) is 9.32. The van der Waals surface area contributed by atoms with Gasteiger partial charge in [-0.15, -0.1) is 0 Å².